The Kier molecular flexibility index (Phi) is 4.41. The van der Waals surface area contributed by atoms with Crippen LogP contribution < -0.4 is 4.90 Å². The van der Waals surface area contributed by atoms with Gasteiger partial charge in [-0.05, 0) is 26.0 Å². The zero-order valence-electron chi connectivity index (χ0n) is 11.8. The minimum Gasteiger partial charge on any atom is -0.368 e. The predicted octanol–water partition coefficient (Wildman–Crippen LogP) is 1.86. The fourth-order valence-corrected chi connectivity index (χ4v) is 3.62. The van der Waals surface area contributed by atoms with Crippen molar-refractivity contribution in [3.05, 3.63) is 18.3 Å². The van der Waals surface area contributed by atoms with Gasteiger partial charge in [0.25, 0.3) is 0 Å². The second-order valence-electron chi connectivity index (χ2n) is 5.63. The molecule has 0 N–H and O–H groups in total. The van der Waals surface area contributed by atoms with Crippen LogP contribution in [-0.4, -0.2) is 49.8 Å². The Morgan fingerprint density at radius 1 is 1.55 bits per heavy atom. The summed E-state index contributed by atoms with van der Waals surface area (Å²) in [5, 5.41) is 0.702. The summed E-state index contributed by atoms with van der Waals surface area (Å²) in [5.41, 5.74) is -0.344. The highest BCUT2D eigenvalue weighted by Crippen LogP contribution is 2.29. The molecule has 0 aliphatic carbocycles. The van der Waals surface area contributed by atoms with Crippen molar-refractivity contribution in [2.24, 2.45) is 0 Å². The number of nitrogens with zero attached hydrogens (tertiary/aromatic N) is 2. The number of sulfone groups is 1. The molecule has 1 aromatic rings. The standard InChI is InChI=1S/C13H19BrN2O3S/c1-13(2)9-16(8-10(7-14)19-13)12-11(20(3,17)18)5-4-6-15-12/h4-6,10H,7-9H2,1-3H3. The van der Waals surface area contributed by atoms with Gasteiger partial charge >= 0.3 is 0 Å². The largest absolute Gasteiger partial charge is 0.368 e. The van der Waals surface area contributed by atoms with E-state index in [1.807, 2.05) is 18.7 Å². The monoisotopic (exact) mass is 362 g/mol. The first-order valence-electron chi connectivity index (χ1n) is 6.37. The molecule has 0 amide bonds. The first-order chi connectivity index (χ1) is 9.23. The molecule has 2 rings (SSSR count). The van der Waals surface area contributed by atoms with Crippen molar-refractivity contribution in [1.29, 1.82) is 0 Å². The van der Waals surface area contributed by atoms with Gasteiger partial charge in [0, 0.05) is 30.9 Å². The topological polar surface area (TPSA) is 59.5 Å². The van der Waals surface area contributed by atoms with Crippen LogP contribution in [0.3, 0.4) is 0 Å². The number of alkyl halides is 1. The average Bonchev–Trinajstić information content (AvgIpc) is 2.35. The first-order valence-corrected chi connectivity index (χ1v) is 9.38. The highest BCUT2D eigenvalue weighted by molar-refractivity contribution is 9.09. The van der Waals surface area contributed by atoms with E-state index in [1.165, 1.54) is 6.26 Å². The van der Waals surface area contributed by atoms with Gasteiger partial charge in [0.15, 0.2) is 9.84 Å². The molecule has 1 saturated heterocycles. The third-order valence-corrected chi connectivity index (χ3v) is 4.94. The Bertz CT molecular complexity index is 589. The molecule has 1 aromatic heterocycles. The Morgan fingerprint density at radius 3 is 2.85 bits per heavy atom. The SMILES string of the molecule is CC1(C)CN(c2ncccc2S(C)(=O)=O)CC(CBr)O1. The zero-order valence-corrected chi connectivity index (χ0v) is 14.2. The highest BCUT2D eigenvalue weighted by atomic mass is 79.9. The fourth-order valence-electron chi connectivity index (χ4n) is 2.45. The van der Waals surface area contributed by atoms with Gasteiger partial charge in [-0.15, -0.1) is 0 Å². The third kappa shape index (κ3) is 3.51. The molecular weight excluding hydrogens is 344 g/mol. The van der Waals surface area contributed by atoms with Crippen LogP contribution in [-0.2, 0) is 14.6 Å². The second kappa shape index (κ2) is 5.61. The number of morpholine rings is 1. The smallest absolute Gasteiger partial charge is 0.179 e. The molecule has 0 saturated carbocycles. The lowest BCUT2D eigenvalue weighted by molar-refractivity contribution is -0.0727. The maximum absolute atomic E-state index is 11.9. The van der Waals surface area contributed by atoms with Crippen LogP contribution in [0.1, 0.15) is 13.8 Å². The minimum atomic E-state index is -3.30. The van der Waals surface area contributed by atoms with Crippen LogP contribution in [0, 0.1) is 0 Å². The lowest BCUT2D eigenvalue weighted by Crippen LogP contribution is -2.54. The number of ether oxygens (including phenoxy) is 1. The van der Waals surface area contributed by atoms with Crippen LogP contribution in [0.25, 0.3) is 0 Å². The van der Waals surface area contributed by atoms with E-state index in [4.69, 9.17) is 4.74 Å². The Balaban J connectivity index is 2.41. The molecule has 0 bridgehead atoms. The van der Waals surface area contributed by atoms with Crippen molar-refractivity contribution in [2.75, 3.05) is 29.6 Å². The van der Waals surface area contributed by atoms with Gasteiger partial charge in [-0.2, -0.15) is 0 Å². The molecule has 1 atom stereocenters. The summed E-state index contributed by atoms with van der Waals surface area (Å²) in [6.45, 7) is 5.22. The molecule has 1 fully saturated rings. The molecule has 1 aliphatic heterocycles. The number of halogens is 1. The van der Waals surface area contributed by atoms with Gasteiger partial charge in [0.05, 0.1) is 11.7 Å². The molecule has 2 heterocycles. The van der Waals surface area contributed by atoms with Crippen molar-refractivity contribution in [2.45, 2.75) is 30.4 Å². The molecule has 0 spiro atoms. The molecule has 0 aromatic carbocycles. The molecule has 112 valence electrons. The first kappa shape index (κ1) is 15.7. The number of rotatable bonds is 3. The molecule has 7 heteroatoms. The normalized spacial score (nSPS) is 22.8. The number of hydrogen-bond acceptors (Lipinski definition) is 5. The van der Waals surface area contributed by atoms with Crippen molar-refractivity contribution < 1.29 is 13.2 Å². The average molecular weight is 363 g/mol. The lowest BCUT2D eigenvalue weighted by atomic mass is 10.1. The number of aromatic nitrogens is 1. The van der Waals surface area contributed by atoms with Crippen molar-refractivity contribution in [1.82, 2.24) is 4.98 Å². The summed E-state index contributed by atoms with van der Waals surface area (Å²) in [4.78, 5) is 6.54. The molecule has 1 unspecified atom stereocenters. The number of hydrogen-bond donors (Lipinski definition) is 0. The Labute approximate surface area is 128 Å². The van der Waals surface area contributed by atoms with Crippen LogP contribution in [0.4, 0.5) is 5.82 Å². The summed E-state index contributed by atoms with van der Waals surface area (Å²) in [5.74, 6) is 0.511. The summed E-state index contributed by atoms with van der Waals surface area (Å²) < 4.78 is 29.7. The number of anilines is 1. The van der Waals surface area contributed by atoms with E-state index in [1.54, 1.807) is 18.3 Å². The van der Waals surface area contributed by atoms with E-state index in [9.17, 15) is 8.42 Å². The van der Waals surface area contributed by atoms with Crippen LogP contribution >= 0.6 is 15.9 Å². The quantitative estimate of drug-likeness (QED) is 0.768. The maximum Gasteiger partial charge on any atom is 0.179 e. The summed E-state index contributed by atoms with van der Waals surface area (Å²) in [6, 6.07) is 3.25. The molecule has 20 heavy (non-hydrogen) atoms. The van der Waals surface area contributed by atoms with Gasteiger partial charge in [0.1, 0.15) is 10.7 Å². The van der Waals surface area contributed by atoms with Gasteiger partial charge in [-0.3, -0.25) is 0 Å². The predicted molar refractivity (Wildman–Crippen MR) is 82.3 cm³/mol. The van der Waals surface area contributed by atoms with E-state index >= 15 is 0 Å². The van der Waals surface area contributed by atoms with E-state index < -0.39 is 9.84 Å². The van der Waals surface area contributed by atoms with Crippen LogP contribution in [0.5, 0.6) is 0 Å². The van der Waals surface area contributed by atoms with Gasteiger partial charge < -0.3 is 9.64 Å². The van der Waals surface area contributed by atoms with E-state index in [0.717, 1.165) is 0 Å². The van der Waals surface area contributed by atoms with Crippen molar-refractivity contribution in [3.63, 3.8) is 0 Å². The Morgan fingerprint density at radius 2 is 2.25 bits per heavy atom. The summed E-state index contributed by atoms with van der Waals surface area (Å²) in [7, 11) is -3.30. The van der Waals surface area contributed by atoms with E-state index in [-0.39, 0.29) is 16.6 Å². The molecule has 1 aliphatic rings. The zero-order chi connectivity index (χ0) is 15.0. The van der Waals surface area contributed by atoms with Crippen molar-refractivity contribution >= 4 is 31.6 Å². The van der Waals surface area contributed by atoms with Gasteiger partial charge in [0.2, 0.25) is 0 Å². The molecular formula is C13H19BrN2O3S. The Hall–Kier alpha value is -0.660. The van der Waals surface area contributed by atoms with E-state index in [2.05, 4.69) is 20.9 Å². The molecule has 0 radical (unpaired) electrons. The van der Waals surface area contributed by atoms with Crippen molar-refractivity contribution in [3.8, 4) is 0 Å². The summed E-state index contributed by atoms with van der Waals surface area (Å²) >= 11 is 3.43. The fraction of sp³-hybridized carbons (Fsp3) is 0.615. The minimum absolute atomic E-state index is 0.00756. The third-order valence-electron chi connectivity index (χ3n) is 3.10. The summed E-state index contributed by atoms with van der Waals surface area (Å²) in [6.07, 6.45) is 2.84. The maximum atomic E-state index is 11.9. The van der Waals surface area contributed by atoms with Crippen LogP contribution in [0.2, 0.25) is 0 Å². The van der Waals surface area contributed by atoms with Crippen LogP contribution in [0.15, 0.2) is 23.2 Å². The van der Waals surface area contributed by atoms with E-state index in [0.29, 0.717) is 24.2 Å². The lowest BCUT2D eigenvalue weighted by Gasteiger charge is -2.43. The second-order valence-corrected chi connectivity index (χ2v) is 8.26. The number of pyridine rings is 1. The van der Waals surface area contributed by atoms with Gasteiger partial charge in [-0.1, -0.05) is 15.9 Å². The van der Waals surface area contributed by atoms with Gasteiger partial charge in [-0.25, -0.2) is 13.4 Å². The highest BCUT2D eigenvalue weighted by Gasteiger charge is 2.35. The molecule has 5 nitrogen and oxygen atoms in total.